The summed E-state index contributed by atoms with van der Waals surface area (Å²) in [6.07, 6.45) is 6.05. The summed E-state index contributed by atoms with van der Waals surface area (Å²) in [6, 6.07) is 8.14. The van der Waals surface area contributed by atoms with Crippen LogP contribution < -0.4 is 4.74 Å². The molecule has 7 heteroatoms. The largest absolute Gasteiger partial charge is 0.497 e. The van der Waals surface area contributed by atoms with Crippen LogP contribution in [0.4, 0.5) is 0 Å². The molecule has 3 heterocycles. The number of nitrogens with zero attached hydrogens (tertiary/aromatic N) is 5. The van der Waals surface area contributed by atoms with Crippen LogP contribution in [-0.2, 0) is 13.0 Å². The molecule has 1 aromatic carbocycles. The topological polar surface area (TPSA) is 55.6 Å². The molecule has 0 unspecified atom stereocenters. The van der Waals surface area contributed by atoms with Gasteiger partial charge in [0, 0.05) is 6.42 Å². The van der Waals surface area contributed by atoms with Crippen LogP contribution in [0.2, 0.25) is 0 Å². The summed E-state index contributed by atoms with van der Waals surface area (Å²) in [5.74, 6) is 1.83. The van der Waals surface area contributed by atoms with E-state index in [4.69, 9.17) is 9.84 Å². The molecule has 0 atom stereocenters. The van der Waals surface area contributed by atoms with Crippen molar-refractivity contribution >= 4 is 16.3 Å². The molecule has 0 N–H and O–H groups in total. The van der Waals surface area contributed by atoms with Crippen molar-refractivity contribution in [3.05, 3.63) is 40.7 Å². The van der Waals surface area contributed by atoms with Gasteiger partial charge in [-0.3, -0.25) is 4.90 Å². The number of aromatic nitrogens is 4. The first-order valence-electron chi connectivity index (χ1n) is 8.87. The van der Waals surface area contributed by atoms with Gasteiger partial charge in [0.05, 0.1) is 13.7 Å². The average Bonchev–Trinajstić information content (AvgIpc) is 3.08. The maximum absolute atomic E-state index is 5.21. The number of hydrogen-bond acceptors (Lipinski definition) is 6. The second kappa shape index (κ2) is 7.49. The van der Waals surface area contributed by atoms with Crippen molar-refractivity contribution in [2.45, 2.75) is 38.6 Å². The second-order valence-corrected chi connectivity index (χ2v) is 7.56. The van der Waals surface area contributed by atoms with Gasteiger partial charge >= 0.3 is 0 Å². The summed E-state index contributed by atoms with van der Waals surface area (Å²) in [5, 5.41) is 14.5. The predicted octanol–water partition coefficient (Wildman–Crippen LogP) is 3.16. The molecule has 132 valence electrons. The smallest absolute Gasteiger partial charge is 0.234 e. The predicted molar refractivity (Wildman–Crippen MR) is 98.2 cm³/mol. The van der Waals surface area contributed by atoms with E-state index in [1.165, 1.54) is 31.2 Å². The van der Waals surface area contributed by atoms with Crippen molar-refractivity contribution in [3.63, 3.8) is 0 Å². The molecule has 0 saturated carbocycles. The van der Waals surface area contributed by atoms with Crippen LogP contribution in [0.5, 0.6) is 5.75 Å². The molecule has 2 aromatic heterocycles. The van der Waals surface area contributed by atoms with Gasteiger partial charge in [0.2, 0.25) is 4.96 Å². The van der Waals surface area contributed by atoms with Gasteiger partial charge in [-0.2, -0.15) is 9.61 Å². The van der Waals surface area contributed by atoms with Crippen LogP contribution in [0.25, 0.3) is 4.96 Å². The monoisotopic (exact) mass is 357 g/mol. The molecule has 0 amide bonds. The van der Waals surface area contributed by atoms with Crippen LogP contribution in [0, 0.1) is 0 Å². The molecular weight excluding hydrogens is 334 g/mol. The molecule has 1 saturated heterocycles. The summed E-state index contributed by atoms with van der Waals surface area (Å²) in [4.78, 5) is 3.36. The summed E-state index contributed by atoms with van der Waals surface area (Å²) in [5.41, 5.74) is 1.22. The quantitative estimate of drug-likeness (QED) is 0.702. The van der Waals surface area contributed by atoms with E-state index in [1.807, 2.05) is 16.6 Å². The Balaban J connectivity index is 1.49. The lowest BCUT2D eigenvalue weighted by Gasteiger charge is -2.17. The maximum Gasteiger partial charge on any atom is 0.234 e. The molecule has 0 bridgehead atoms. The van der Waals surface area contributed by atoms with E-state index in [9.17, 15) is 0 Å². The molecular formula is C18H23N5OS. The normalized spacial score (nSPS) is 16.2. The van der Waals surface area contributed by atoms with E-state index in [2.05, 4.69) is 27.2 Å². The van der Waals surface area contributed by atoms with E-state index in [0.29, 0.717) is 0 Å². The molecule has 3 aromatic rings. The summed E-state index contributed by atoms with van der Waals surface area (Å²) < 4.78 is 7.14. The minimum absolute atomic E-state index is 0.807. The molecule has 4 rings (SSSR count). The Bertz CT molecular complexity index is 818. The lowest BCUT2D eigenvalue weighted by atomic mass is 10.1. The molecule has 25 heavy (non-hydrogen) atoms. The van der Waals surface area contributed by atoms with Crippen molar-refractivity contribution < 1.29 is 4.74 Å². The Morgan fingerprint density at radius 1 is 1.04 bits per heavy atom. The number of rotatable bonds is 5. The van der Waals surface area contributed by atoms with E-state index in [1.54, 1.807) is 18.4 Å². The molecule has 0 aliphatic carbocycles. The number of likely N-dealkylation sites (tertiary alicyclic amines) is 1. The van der Waals surface area contributed by atoms with Crippen LogP contribution in [0.3, 0.4) is 0 Å². The van der Waals surface area contributed by atoms with Gasteiger partial charge in [-0.05, 0) is 43.6 Å². The van der Waals surface area contributed by atoms with Gasteiger partial charge in [-0.25, -0.2) is 0 Å². The van der Waals surface area contributed by atoms with E-state index >= 15 is 0 Å². The Labute approximate surface area is 151 Å². The summed E-state index contributed by atoms with van der Waals surface area (Å²) in [7, 11) is 1.68. The van der Waals surface area contributed by atoms with Crippen molar-refractivity contribution in [2.75, 3.05) is 20.2 Å². The third kappa shape index (κ3) is 3.82. The van der Waals surface area contributed by atoms with E-state index in [-0.39, 0.29) is 0 Å². The van der Waals surface area contributed by atoms with Crippen LogP contribution in [0.1, 0.15) is 42.1 Å². The first-order chi connectivity index (χ1) is 12.3. The lowest BCUT2D eigenvalue weighted by molar-refractivity contribution is 0.268. The highest BCUT2D eigenvalue weighted by molar-refractivity contribution is 7.16. The standard InChI is InChI=1S/C18H23N5OS/c1-24-15-8-6-14(7-9-15)12-17-21-23-16(19-20-18(23)25-17)13-22-10-4-2-3-5-11-22/h6-9H,2-5,10-13H2,1H3. The molecule has 0 spiro atoms. The maximum atomic E-state index is 5.21. The SMILES string of the molecule is COc1ccc(Cc2nn3c(CN4CCCCCC4)nnc3s2)cc1. The fourth-order valence-electron chi connectivity index (χ4n) is 3.28. The highest BCUT2D eigenvalue weighted by atomic mass is 32.1. The zero-order chi connectivity index (χ0) is 17.1. The molecule has 1 fully saturated rings. The number of ether oxygens (including phenoxy) is 1. The fourth-order valence-corrected chi connectivity index (χ4v) is 4.17. The molecule has 1 aliphatic rings. The van der Waals surface area contributed by atoms with Gasteiger partial charge in [0.1, 0.15) is 10.8 Å². The van der Waals surface area contributed by atoms with Gasteiger partial charge in [-0.15, -0.1) is 10.2 Å². The van der Waals surface area contributed by atoms with Crippen LogP contribution in [0.15, 0.2) is 24.3 Å². The second-order valence-electron chi connectivity index (χ2n) is 6.52. The Hall–Kier alpha value is -1.99. The first-order valence-corrected chi connectivity index (χ1v) is 9.69. The minimum atomic E-state index is 0.807. The van der Waals surface area contributed by atoms with Gasteiger partial charge in [-0.1, -0.05) is 36.3 Å². The molecule has 0 radical (unpaired) electrons. The first kappa shape index (κ1) is 16.5. The van der Waals surface area contributed by atoms with Crippen molar-refractivity contribution in [3.8, 4) is 5.75 Å². The van der Waals surface area contributed by atoms with Crippen LogP contribution in [-0.4, -0.2) is 44.9 Å². The molecule has 1 aliphatic heterocycles. The van der Waals surface area contributed by atoms with Gasteiger partial charge in [0.15, 0.2) is 5.82 Å². The summed E-state index contributed by atoms with van der Waals surface area (Å²) >= 11 is 1.62. The number of benzene rings is 1. The summed E-state index contributed by atoms with van der Waals surface area (Å²) in [6.45, 7) is 3.14. The minimum Gasteiger partial charge on any atom is -0.497 e. The third-order valence-electron chi connectivity index (χ3n) is 4.68. The Kier molecular flexibility index (Phi) is 4.94. The van der Waals surface area contributed by atoms with Crippen molar-refractivity contribution in [1.29, 1.82) is 0 Å². The zero-order valence-electron chi connectivity index (χ0n) is 14.5. The van der Waals surface area contributed by atoms with Crippen molar-refractivity contribution in [1.82, 2.24) is 24.7 Å². The highest BCUT2D eigenvalue weighted by Gasteiger charge is 2.16. The number of hydrogen-bond donors (Lipinski definition) is 0. The highest BCUT2D eigenvalue weighted by Crippen LogP contribution is 2.20. The van der Waals surface area contributed by atoms with Crippen LogP contribution >= 0.6 is 11.3 Å². The third-order valence-corrected chi connectivity index (χ3v) is 5.57. The van der Waals surface area contributed by atoms with Gasteiger partial charge in [0.25, 0.3) is 0 Å². The van der Waals surface area contributed by atoms with Gasteiger partial charge < -0.3 is 4.74 Å². The lowest BCUT2D eigenvalue weighted by Crippen LogP contribution is -2.25. The Morgan fingerprint density at radius 2 is 1.80 bits per heavy atom. The van der Waals surface area contributed by atoms with Crippen molar-refractivity contribution in [2.24, 2.45) is 0 Å². The molecule has 6 nitrogen and oxygen atoms in total. The van der Waals surface area contributed by atoms with E-state index < -0.39 is 0 Å². The fraction of sp³-hybridized carbons (Fsp3) is 0.500. The zero-order valence-corrected chi connectivity index (χ0v) is 15.3. The average molecular weight is 357 g/mol. The van der Waals surface area contributed by atoms with E-state index in [0.717, 1.165) is 47.6 Å². The number of methoxy groups -OCH3 is 1. The number of fused-ring (bicyclic) bond motifs is 1. The Morgan fingerprint density at radius 3 is 2.52 bits per heavy atom.